The van der Waals surface area contributed by atoms with E-state index in [2.05, 4.69) is 5.32 Å². The van der Waals surface area contributed by atoms with E-state index in [0.29, 0.717) is 22.6 Å². The summed E-state index contributed by atoms with van der Waals surface area (Å²) in [5.74, 6) is -2.25. The van der Waals surface area contributed by atoms with Gasteiger partial charge in [0.05, 0.1) is 0 Å². The van der Waals surface area contributed by atoms with Crippen molar-refractivity contribution in [1.82, 2.24) is 5.32 Å². The average Bonchev–Trinajstić information content (AvgIpc) is 2.41. The average molecular weight is 300 g/mol. The molecule has 2 aromatic rings. The highest BCUT2D eigenvalue weighted by Crippen LogP contribution is 2.28. The molecule has 0 radical (unpaired) electrons. The van der Waals surface area contributed by atoms with Crippen LogP contribution in [0.25, 0.3) is 0 Å². The second-order valence-corrected chi connectivity index (χ2v) is 4.84. The zero-order valence-electron chi connectivity index (χ0n) is 10.8. The Kier molecular flexibility index (Phi) is 4.68. The molecule has 0 saturated heterocycles. The summed E-state index contributed by atoms with van der Waals surface area (Å²) >= 11 is 6.01. The Morgan fingerprint density at radius 1 is 1.05 bits per heavy atom. The summed E-state index contributed by atoms with van der Waals surface area (Å²) in [4.78, 5) is 0. The fraction of sp³-hybridized carbons (Fsp3) is 0.200. The molecule has 1 unspecified atom stereocenters. The minimum absolute atomic E-state index is 0.298. The van der Waals surface area contributed by atoms with Gasteiger partial charge in [0, 0.05) is 16.6 Å². The lowest BCUT2D eigenvalue weighted by Gasteiger charge is -2.19. The maximum Gasteiger partial charge on any atom is 0.159 e. The highest BCUT2D eigenvalue weighted by molar-refractivity contribution is 6.31. The summed E-state index contributed by atoms with van der Waals surface area (Å²) in [7, 11) is 1.66. The lowest BCUT2D eigenvalue weighted by molar-refractivity contribution is 0.502. The highest BCUT2D eigenvalue weighted by Gasteiger charge is 2.18. The Bertz CT molecular complexity index is 596. The van der Waals surface area contributed by atoms with Gasteiger partial charge in [-0.05, 0) is 43.3 Å². The Hall–Kier alpha value is -1.52. The van der Waals surface area contributed by atoms with Crippen LogP contribution in [0.15, 0.2) is 36.4 Å². The number of likely N-dealkylation sites (N-methyl/N-ethyl adjacent to an activating group) is 1. The molecule has 106 valence electrons. The van der Waals surface area contributed by atoms with Crippen LogP contribution in [0.1, 0.15) is 17.2 Å². The first-order chi connectivity index (χ1) is 9.52. The summed E-state index contributed by atoms with van der Waals surface area (Å²) < 4.78 is 40.0. The van der Waals surface area contributed by atoms with E-state index in [0.717, 1.165) is 12.1 Å². The predicted molar refractivity (Wildman–Crippen MR) is 73.3 cm³/mol. The first-order valence-corrected chi connectivity index (χ1v) is 6.46. The molecule has 1 atom stereocenters. The zero-order chi connectivity index (χ0) is 14.7. The van der Waals surface area contributed by atoms with Gasteiger partial charge in [-0.2, -0.15) is 0 Å². The quantitative estimate of drug-likeness (QED) is 0.889. The summed E-state index contributed by atoms with van der Waals surface area (Å²) in [6.07, 6.45) is 0.300. The van der Waals surface area contributed by atoms with E-state index in [1.54, 1.807) is 13.1 Å². The monoisotopic (exact) mass is 299 g/mol. The van der Waals surface area contributed by atoms with Crippen molar-refractivity contribution in [2.45, 2.75) is 12.5 Å². The van der Waals surface area contributed by atoms with Crippen LogP contribution in [-0.4, -0.2) is 7.05 Å². The number of benzene rings is 2. The van der Waals surface area contributed by atoms with E-state index in [4.69, 9.17) is 11.6 Å². The van der Waals surface area contributed by atoms with Gasteiger partial charge >= 0.3 is 0 Å². The molecule has 0 aliphatic heterocycles. The fourth-order valence-corrected chi connectivity index (χ4v) is 2.39. The van der Waals surface area contributed by atoms with Crippen LogP contribution in [-0.2, 0) is 6.42 Å². The van der Waals surface area contributed by atoms with E-state index < -0.39 is 23.5 Å². The molecule has 0 spiro atoms. The van der Waals surface area contributed by atoms with Crippen molar-refractivity contribution in [3.63, 3.8) is 0 Å². The van der Waals surface area contributed by atoms with Crippen LogP contribution in [0, 0.1) is 17.5 Å². The topological polar surface area (TPSA) is 12.0 Å². The number of rotatable bonds is 4. The highest BCUT2D eigenvalue weighted by atomic mass is 35.5. The van der Waals surface area contributed by atoms with E-state index in [-0.39, 0.29) is 0 Å². The lowest BCUT2D eigenvalue weighted by atomic mass is 9.98. The van der Waals surface area contributed by atoms with E-state index in [1.165, 1.54) is 18.2 Å². The third-order valence-corrected chi connectivity index (χ3v) is 3.45. The molecule has 5 heteroatoms. The minimum atomic E-state index is -0.919. The number of nitrogens with one attached hydrogen (secondary N) is 1. The van der Waals surface area contributed by atoms with Gasteiger partial charge in [0.2, 0.25) is 0 Å². The fourth-order valence-electron chi connectivity index (χ4n) is 2.09. The lowest BCUT2D eigenvalue weighted by Crippen LogP contribution is -2.20. The molecule has 0 aliphatic rings. The van der Waals surface area contributed by atoms with Crippen molar-refractivity contribution in [1.29, 1.82) is 0 Å². The van der Waals surface area contributed by atoms with Gasteiger partial charge in [0.15, 0.2) is 11.6 Å². The molecule has 2 aromatic carbocycles. The first kappa shape index (κ1) is 14.9. The molecule has 2 rings (SSSR count). The Balaban J connectivity index is 2.31. The van der Waals surface area contributed by atoms with Crippen LogP contribution < -0.4 is 5.32 Å². The third kappa shape index (κ3) is 3.14. The molecule has 0 heterocycles. The molecule has 20 heavy (non-hydrogen) atoms. The molecule has 1 N–H and O–H groups in total. The van der Waals surface area contributed by atoms with Crippen LogP contribution in [0.4, 0.5) is 13.2 Å². The van der Waals surface area contributed by atoms with E-state index >= 15 is 0 Å². The van der Waals surface area contributed by atoms with Gasteiger partial charge in [-0.1, -0.05) is 23.7 Å². The summed E-state index contributed by atoms with van der Waals surface area (Å²) in [5.41, 5.74) is 0.879. The second-order valence-electron chi connectivity index (χ2n) is 4.43. The van der Waals surface area contributed by atoms with Gasteiger partial charge in [-0.25, -0.2) is 13.2 Å². The van der Waals surface area contributed by atoms with Gasteiger partial charge < -0.3 is 5.32 Å². The van der Waals surface area contributed by atoms with Gasteiger partial charge in [-0.15, -0.1) is 0 Å². The summed E-state index contributed by atoms with van der Waals surface area (Å²) in [5, 5.41) is 3.24. The number of halogens is 4. The molecule has 0 aliphatic carbocycles. The molecule has 1 nitrogen and oxygen atoms in total. The maximum atomic E-state index is 13.9. The Morgan fingerprint density at radius 3 is 2.40 bits per heavy atom. The van der Waals surface area contributed by atoms with Crippen LogP contribution in [0.3, 0.4) is 0 Å². The van der Waals surface area contributed by atoms with Crippen LogP contribution >= 0.6 is 11.6 Å². The van der Waals surface area contributed by atoms with Crippen molar-refractivity contribution in [3.8, 4) is 0 Å². The van der Waals surface area contributed by atoms with Crippen molar-refractivity contribution in [3.05, 3.63) is 70.0 Å². The van der Waals surface area contributed by atoms with Crippen molar-refractivity contribution < 1.29 is 13.2 Å². The summed E-state index contributed by atoms with van der Waals surface area (Å²) in [6, 6.07) is 7.64. The SMILES string of the molecule is CNC(Cc1ccc(F)c(F)c1)c1c(F)cccc1Cl. The van der Waals surface area contributed by atoms with E-state index in [9.17, 15) is 13.2 Å². The third-order valence-electron chi connectivity index (χ3n) is 3.12. The molecule has 0 aromatic heterocycles. The number of hydrogen-bond acceptors (Lipinski definition) is 1. The largest absolute Gasteiger partial charge is 0.313 e. The van der Waals surface area contributed by atoms with Crippen molar-refractivity contribution >= 4 is 11.6 Å². The predicted octanol–water partition coefficient (Wildman–Crippen LogP) is 4.26. The molecular weight excluding hydrogens is 287 g/mol. The van der Waals surface area contributed by atoms with E-state index in [1.807, 2.05) is 0 Å². The molecule has 0 amide bonds. The van der Waals surface area contributed by atoms with Crippen LogP contribution in [0.2, 0.25) is 5.02 Å². The summed E-state index contributed by atoms with van der Waals surface area (Å²) in [6.45, 7) is 0. The normalized spacial score (nSPS) is 12.4. The molecule has 0 bridgehead atoms. The molecular formula is C15H13ClF3N. The molecule has 0 saturated carbocycles. The maximum absolute atomic E-state index is 13.9. The number of hydrogen-bond donors (Lipinski definition) is 1. The van der Waals surface area contributed by atoms with Crippen molar-refractivity contribution in [2.24, 2.45) is 0 Å². The minimum Gasteiger partial charge on any atom is -0.313 e. The van der Waals surface area contributed by atoms with Gasteiger partial charge in [0.1, 0.15) is 5.82 Å². The van der Waals surface area contributed by atoms with Crippen LogP contribution in [0.5, 0.6) is 0 Å². The zero-order valence-corrected chi connectivity index (χ0v) is 11.5. The van der Waals surface area contributed by atoms with Gasteiger partial charge in [0.25, 0.3) is 0 Å². The van der Waals surface area contributed by atoms with Gasteiger partial charge in [-0.3, -0.25) is 0 Å². The second kappa shape index (κ2) is 6.29. The smallest absolute Gasteiger partial charge is 0.159 e. The Morgan fingerprint density at radius 2 is 1.80 bits per heavy atom. The first-order valence-electron chi connectivity index (χ1n) is 6.08. The van der Waals surface area contributed by atoms with Crippen molar-refractivity contribution in [2.75, 3.05) is 7.05 Å². The molecule has 0 fully saturated rings. The standard InChI is InChI=1S/C15H13ClF3N/c1-20-14(15-10(16)3-2-4-12(15)18)8-9-5-6-11(17)13(19)7-9/h2-7,14,20H,8H2,1H3. The Labute approximate surface area is 120 Å².